The summed E-state index contributed by atoms with van der Waals surface area (Å²) in [6.45, 7) is 1.98. The lowest BCUT2D eigenvalue weighted by Gasteiger charge is -2.22. The molecule has 1 aromatic heterocycles. The minimum Gasteiger partial charge on any atom is -0.489 e. The maximum atomic E-state index is 13.4. The number of nitrogens with zero attached hydrogens (tertiary/aromatic N) is 2. The smallest absolute Gasteiger partial charge is 0.338 e. The predicted molar refractivity (Wildman–Crippen MR) is 162 cm³/mol. The monoisotopic (exact) mass is 566 g/mol. The molecule has 0 radical (unpaired) electrons. The van der Waals surface area contributed by atoms with Crippen molar-refractivity contribution in [1.29, 1.82) is 0 Å². The van der Waals surface area contributed by atoms with Gasteiger partial charge >= 0.3 is 5.97 Å². The average Bonchev–Trinajstić information content (AvgIpc) is 3.51. The van der Waals surface area contributed by atoms with Gasteiger partial charge in [0, 0.05) is 30.5 Å². The second kappa shape index (κ2) is 13.7. The molecule has 7 heteroatoms. The summed E-state index contributed by atoms with van der Waals surface area (Å²) < 4.78 is 19.3. The summed E-state index contributed by atoms with van der Waals surface area (Å²) in [5, 5.41) is 11.9. The normalized spacial score (nSPS) is 11.6. The number of anilines is 1. The molecule has 41 heavy (non-hydrogen) atoms. The highest BCUT2D eigenvalue weighted by Gasteiger charge is 2.16. The molecule has 5 rings (SSSR count). The van der Waals surface area contributed by atoms with Gasteiger partial charge in [-0.05, 0) is 40.8 Å². The van der Waals surface area contributed by atoms with E-state index in [1.807, 2.05) is 24.3 Å². The van der Waals surface area contributed by atoms with Gasteiger partial charge in [0.1, 0.15) is 12.4 Å². The quantitative estimate of drug-likeness (QED) is 0.159. The largest absolute Gasteiger partial charge is 0.489 e. The van der Waals surface area contributed by atoms with Gasteiger partial charge in [0.15, 0.2) is 5.13 Å². The molecule has 4 aromatic carbocycles. The lowest BCUT2D eigenvalue weighted by Crippen LogP contribution is -2.25. The Morgan fingerprint density at radius 3 is 2.15 bits per heavy atom. The number of benzene rings is 4. The third-order valence-electron chi connectivity index (χ3n) is 6.75. The molecular formula is C34H31FN2O3S. The van der Waals surface area contributed by atoms with Crippen molar-refractivity contribution in [2.45, 2.75) is 32.2 Å². The SMILES string of the molecule is O=C(O)C(F)Cc1ccc(OCc2ccc(CN(CCc3ccccc3)c3nc(-c4ccccc4)cs3)cc2)cc1. The van der Waals surface area contributed by atoms with Crippen molar-refractivity contribution in [3.05, 3.63) is 137 Å². The van der Waals surface area contributed by atoms with Crippen molar-refractivity contribution in [3.63, 3.8) is 0 Å². The van der Waals surface area contributed by atoms with Crippen LogP contribution in [0, 0.1) is 0 Å². The zero-order chi connectivity index (χ0) is 28.4. The van der Waals surface area contributed by atoms with Crippen LogP contribution in [-0.4, -0.2) is 28.8 Å². The molecular weight excluding hydrogens is 535 g/mol. The van der Waals surface area contributed by atoms with Gasteiger partial charge in [0.2, 0.25) is 6.17 Å². The third kappa shape index (κ3) is 8.02. The van der Waals surface area contributed by atoms with Crippen LogP contribution in [0.15, 0.2) is 115 Å². The number of aromatic nitrogens is 1. The minimum atomic E-state index is -1.91. The Balaban J connectivity index is 1.22. The zero-order valence-corrected chi connectivity index (χ0v) is 23.3. The lowest BCUT2D eigenvalue weighted by atomic mass is 10.1. The number of halogens is 1. The van der Waals surface area contributed by atoms with Gasteiger partial charge in [0.05, 0.1) is 5.69 Å². The van der Waals surface area contributed by atoms with Crippen LogP contribution in [0.25, 0.3) is 11.3 Å². The van der Waals surface area contributed by atoms with Gasteiger partial charge in [-0.2, -0.15) is 0 Å². The van der Waals surface area contributed by atoms with Crippen molar-refractivity contribution in [1.82, 2.24) is 4.98 Å². The van der Waals surface area contributed by atoms with E-state index in [0.717, 1.165) is 41.5 Å². The van der Waals surface area contributed by atoms with Crippen LogP contribution in [0.5, 0.6) is 5.75 Å². The third-order valence-corrected chi connectivity index (χ3v) is 7.65. The van der Waals surface area contributed by atoms with Gasteiger partial charge in [-0.1, -0.05) is 97.1 Å². The van der Waals surface area contributed by atoms with E-state index in [-0.39, 0.29) is 6.42 Å². The molecule has 5 aromatic rings. The molecule has 1 heterocycles. The topological polar surface area (TPSA) is 62.7 Å². The van der Waals surface area contributed by atoms with Crippen LogP contribution in [0.1, 0.15) is 22.3 Å². The lowest BCUT2D eigenvalue weighted by molar-refractivity contribution is -0.142. The molecule has 1 N–H and O–H groups in total. The molecule has 0 aliphatic carbocycles. The Morgan fingerprint density at radius 2 is 1.46 bits per heavy atom. The number of aliphatic carboxylic acids is 1. The average molecular weight is 567 g/mol. The number of alkyl halides is 1. The van der Waals surface area contributed by atoms with E-state index >= 15 is 0 Å². The number of hydrogen-bond acceptors (Lipinski definition) is 5. The number of carboxylic acid groups (broad SMARTS) is 1. The van der Waals surface area contributed by atoms with Crippen LogP contribution >= 0.6 is 11.3 Å². The van der Waals surface area contributed by atoms with Gasteiger partial charge in [-0.15, -0.1) is 11.3 Å². The fourth-order valence-electron chi connectivity index (χ4n) is 4.45. The molecule has 0 aliphatic heterocycles. The number of hydrogen-bond donors (Lipinski definition) is 1. The first-order valence-corrected chi connectivity index (χ1v) is 14.4. The van der Waals surface area contributed by atoms with Crippen LogP contribution in [0.4, 0.5) is 9.52 Å². The Morgan fingerprint density at radius 1 is 0.829 bits per heavy atom. The molecule has 5 nitrogen and oxygen atoms in total. The maximum Gasteiger partial charge on any atom is 0.338 e. The van der Waals surface area contributed by atoms with E-state index in [4.69, 9.17) is 14.8 Å². The molecule has 0 bridgehead atoms. The Kier molecular flexibility index (Phi) is 9.39. The predicted octanol–water partition coefficient (Wildman–Crippen LogP) is 7.60. The summed E-state index contributed by atoms with van der Waals surface area (Å²) >= 11 is 1.67. The molecule has 0 amide bonds. The van der Waals surface area contributed by atoms with Crippen LogP contribution in [0.3, 0.4) is 0 Å². The highest BCUT2D eigenvalue weighted by molar-refractivity contribution is 7.14. The van der Waals surface area contributed by atoms with E-state index in [0.29, 0.717) is 17.9 Å². The van der Waals surface area contributed by atoms with Crippen molar-refractivity contribution in [2.24, 2.45) is 0 Å². The van der Waals surface area contributed by atoms with E-state index in [2.05, 4.69) is 70.9 Å². The number of carboxylic acids is 1. The maximum absolute atomic E-state index is 13.4. The second-order valence-corrected chi connectivity index (χ2v) is 10.6. The van der Waals surface area contributed by atoms with Crippen LogP contribution in [0.2, 0.25) is 0 Å². The van der Waals surface area contributed by atoms with Gasteiger partial charge in [0.25, 0.3) is 0 Å². The second-order valence-electron chi connectivity index (χ2n) is 9.80. The highest BCUT2D eigenvalue weighted by Crippen LogP contribution is 2.29. The van der Waals surface area contributed by atoms with Crippen molar-refractivity contribution in [2.75, 3.05) is 11.4 Å². The molecule has 0 fully saturated rings. The minimum absolute atomic E-state index is 0.159. The first kappa shape index (κ1) is 28.1. The molecule has 0 aliphatic rings. The van der Waals surface area contributed by atoms with Gasteiger partial charge in [-0.25, -0.2) is 14.2 Å². The van der Waals surface area contributed by atoms with Crippen LogP contribution in [-0.2, 0) is 30.8 Å². The summed E-state index contributed by atoms with van der Waals surface area (Å²) in [5.74, 6) is -0.801. The first-order valence-electron chi connectivity index (χ1n) is 13.5. The van der Waals surface area contributed by atoms with E-state index in [1.165, 1.54) is 11.1 Å². The summed E-state index contributed by atoms with van der Waals surface area (Å²) in [6, 6.07) is 36.0. The van der Waals surface area contributed by atoms with Crippen molar-refractivity contribution >= 4 is 22.4 Å². The van der Waals surface area contributed by atoms with E-state index < -0.39 is 12.1 Å². The van der Waals surface area contributed by atoms with Gasteiger partial charge in [-0.3, -0.25) is 0 Å². The Hall–Kier alpha value is -4.49. The zero-order valence-electron chi connectivity index (χ0n) is 22.5. The summed E-state index contributed by atoms with van der Waals surface area (Å²) in [7, 11) is 0. The molecule has 0 saturated carbocycles. The van der Waals surface area contributed by atoms with E-state index in [9.17, 15) is 9.18 Å². The summed E-state index contributed by atoms with van der Waals surface area (Å²) in [5.41, 5.74) is 6.23. The van der Waals surface area contributed by atoms with E-state index in [1.54, 1.807) is 35.6 Å². The fraction of sp³-hybridized carbons (Fsp3) is 0.176. The Bertz CT molecular complexity index is 1520. The number of ether oxygens (including phenoxy) is 1. The summed E-state index contributed by atoms with van der Waals surface area (Å²) in [4.78, 5) is 18.0. The van der Waals surface area contributed by atoms with Crippen molar-refractivity contribution < 1.29 is 19.0 Å². The highest BCUT2D eigenvalue weighted by atomic mass is 32.1. The number of carbonyl (C=O) groups is 1. The number of rotatable bonds is 13. The standard InChI is InChI=1S/C34H31FN2O3S/c35-31(33(38)39)21-26-15-17-30(18-16-26)40-23-28-13-11-27(12-14-28)22-37(20-19-25-7-3-1-4-8-25)34-36-32(24-41-34)29-9-5-2-6-10-29/h1-18,24,31H,19-23H2,(H,38,39). The van der Waals surface area contributed by atoms with Gasteiger partial charge < -0.3 is 14.7 Å². The molecule has 1 unspecified atom stereocenters. The number of thiazole rings is 1. The van der Waals surface area contributed by atoms with Crippen LogP contribution < -0.4 is 9.64 Å². The first-order chi connectivity index (χ1) is 20.0. The molecule has 0 saturated heterocycles. The molecule has 1 atom stereocenters. The molecule has 208 valence electrons. The molecule has 0 spiro atoms. The Labute approximate surface area is 243 Å². The van der Waals surface area contributed by atoms with Crippen molar-refractivity contribution in [3.8, 4) is 17.0 Å². The fourth-order valence-corrected chi connectivity index (χ4v) is 5.31. The summed E-state index contributed by atoms with van der Waals surface area (Å²) in [6.07, 6.45) is -1.14.